The molecule has 0 heterocycles. The lowest BCUT2D eigenvalue weighted by atomic mass is 10.1. The third-order valence-corrected chi connectivity index (χ3v) is 3.42. The minimum Gasteiger partial charge on any atom is -0.507 e. The molecule has 0 saturated heterocycles. The number of methoxy groups -OCH3 is 1. The number of phenolic OH excluding ortho intramolecular Hbond substituents is 2. The molecule has 24 heavy (non-hydrogen) atoms. The lowest BCUT2D eigenvalue weighted by Gasteiger charge is -2.03. The van der Waals surface area contributed by atoms with Crippen LogP contribution >= 0.6 is 0 Å². The maximum atomic E-state index is 11.5. The number of phenols is 2. The van der Waals surface area contributed by atoms with Gasteiger partial charge < -0.3 is 14.9 Å². The van der Waals surface area contributed by atoms with Gasteiger partial charge in [-0.2, -0.15) is 10.2 Å². The quantitative estimate of drug-likeness (QED) is 0.513. The van der Waals surface area contributed by atoms with Crippen LogP contribution in [0.4, 0.5) is 0 Å². The zero-order chi connectivity index (χ0) is 17.7. The second kappa shape index (κ2) is 7.41. The average Bonchev–Trinajstić information content (AvgIpc) is 2.57. The van der Waals surface area contributed by atoms with E-state index in [-0.39, 0.29) is 17.1 Å². The normalized spacial score (nSPS) is 11.3. The van der Waals surface area contributed by atoms with Crippen LogP contribution < -0.4 is 0 Å². The van der Waals surface area contributed by atoms with E-state index in [4.69, 9.17) is 0 Å². The fourth-order valence-electron chi connectivity index (χ4n) is 2.17. The first-order chi connectivity index (χ1) is 11.4. The van der Waals surface area contributed by atoms with Crippen molar-refractivity contribution >= 4 is 18.4 Å². The van der Waals surface area contributed by atoms with E-state index in [0.29, 0.717) is 5.56 Å². The Morgan fingerprint density at radius 3 is 2.17 bits per heavy atom. The molecule has 6 heteroatoms. The zero-order valence-electron chi connectivity index (χ0n) is 13.6. The number of carbonyl (C=O) groups is 1. The third-order valence-electron chi connectivity index (χ3n) is 3.42. The van der Waals surface area contributed by atoms with E-state index >= 15 is 0 Å². The Morgan fingerprint density at radius 2 is 1.58 bits per heavy atom. The Bertz CT molecular complexity index is 803. The predicted octanol–water partition coefficient (Wildman–Crippen LogP) is 2.95. The number of carbonyl (C=O) groups excluding carboxylic acids is 1. The molecular formula is C18H18N2O4. The molecule has 0 aliphatic carbocycles. The van der Waals surface area contributed by atoms with E-state index in [9.17, 15) is 15.0 Å². The summed E-state index contributed by atoms with van der Waals surface area (Å²) in [4.78, 5) is 11.5. The number of hydrogen-bond acceptors (Lipinski definition) is 6. The molecule has 0 atom stereocenters. The van der Waals surface area contributed by atoms with Crippen LogP contribution in [0.2, 0.25) is 0 Å². The summed E-state index contributed by atoms with van der Waals surface area (Å²) in [5.41, 5.74) is 3.02. The zero-order valence-corrected chi connectivity index (χ0v) is 13.6. The van der Waals surface area contributed by atoms with Gasteiger partial charge in [-0.05, 0) is 66.4 Å². The highest BCUT2D eigenvalue weighted by atomic mass is 16.5. The van der Waals surface area contributed by atoms with E-state index in [1.807, 2.05) is 13.8 Å². The van der Waals surface area contributed by atoms with Gasteiger partial charge in [0.05, 0.1) is 19.5 Å². The second-order valence-electron chi connectivity index (χ2n) is 5.26. The summed E-state index contributed by atoms with van der Waals surface area (Å²) in [7, 11) is 1.24. The van der Waals surface area contributed by atoms with Gasteiger partial charge in [-0.25, -0.2) is 4.79 Å². The number of ether oxygens (including phenoxy) is 1. The van der Waals surface area contributed by atoms with Crippen LogP contribution in [-0.4, -0.2) is 35.7 Å². The highest BCUT2D eigenvalue weighted by Crippen LogP contribution is 2.22. The number of nitrogens with zero attached hydrogens (tertiary/aromatic N) is 2. The van der Waals surface area contributed by atoms with E-state index < -0.39 is 5.97 Å². The molecule has 2 N–H and O–H groups in total. The summed E-state index contributed by atoms with van der Waals surface area (Å²) in [6.07, 6.45) is 3.03. The van der Waals surface area contributed by atoms with Crippen molar-refractivity contribution in [2.75, 3.05) is 7.11 Å². The minimum atomic E-state index is -0.624. The summed E-state index contributed by atoms with van der Waals surface area (Å²) >= 11 is 0. The summed E-state index contributed by atoms with van der Waals surface area (Å²) in [6.45, 7) is 3.63. The molecule has 0 radical (unpaired) electrons. The summed E-state index contributed by atoms with van der Waals surface area (Å²) < 4.78 is 4.59. The molecule has 0 amide bonds. The van der Waals surface area contributed by atoms with Crippen molar-refractivity contribution in [2.24, 2.45) is 10.2 Å². The summed E-state index contributed by atoms with van der Waals surface area (Å²) in [5.74, 6) is -0.506. The molecule has 0 fully saturated rings. The van der Waals surface area contributed by atoms with Crippen LogP contribution in [-0.2, 0) is 4.74 Å². The first kappa shape index (κ1) is 17.2. The number of rotatable bonds is 4. The molecule has 124 valence electrons. The van der Waals surface area contributed by atoms with Gasteiger partial charge in [0, 0.05) is 0 Å². The predicted molar refractivity (Wildman–Crippen MR) is 92.2 cm³/mol. The second-order valence-corrected chi connectivity index (χ2v) is 5.26. The fourth-order valence-corrected chi connectivity index (χ4v) is 2.17. The summed E-state index contributed by atoms with van der Waals surface area (Å²) in [5, 5.41) is 27.2. The van der Waals surface area contributed by atoms with E-state index in [1.54, 1.807) is 24.4 Å². The fraction of sp³-hybridized carbons (Fsp3) is 0.167. The minimum absolute atomic E-state index is 0.0650. The standard InChI is InChI=1S/C18H18N2O4/c1-11-6-14(7-12(2)17(11)22)10-20-19-9-13-4-5-16(21)15(8-13)18(23)24-3/h4-10,21-22H,1-3H3/b19-9+,20-10+. The highest BCUT2D eigenvalue weighted by molar-refractivity contribution is 5.95. The van der Waals surface area contributed by atoms with Crippen molar-refractivity contribution in [1.29, 1.82) is 0 Å². The van der Waals surface area contributed by atoms with Gasteiger partial charge in [0.25, 0.3) is 0 Å². The van der Waals surface area contributed by atoms with Crippen molar-refractivity contribution in [2.45, 2.75) is 13.8 Å². The lowest BCUT2D eigenvalue weighted by molar-refractivity contribution is 0.0597. The molecule has 0 unspecified atom stereocenters. The van der Waals surface area contributed by atoms with Gasteiger partial charge in [-0.1, -0.05) is 0 Å². The maximum Gasteiger partial charge on any atom is 0.341 e. The largest absolute Gasteiger partial charge is 0.507 e. The molecule has 2 aromatic rings. The molecule has 0 aliphatic rings. The van der Waals surface area contributed by atoms with Crippen LogP contribution in [0.1, 0.15) is 32.6 Å². The van der Waals surface area contributed by atoms with Crippen molar-refractivity contribution in [3.05, 3.63) is 58.1 Å². The van der Waals surface area contributed by atoms with Crippen molar-refractivity contribution in [3.63, 3.8) is 0 Å². The van der Waals surface area contributed by atoms with Crippen LogP contribution in [0, 0.1) is 13.8 Å². The monoisotopic (exact) mass is 326 g/mol. The van der Waals surface area contributed by atoms with Gasteiger partial charge in [-0.3, -0.25) is 0 Å². The smallest absolute Gasteiger partial charge is 0.341 e. The topological polar surface area (TPSA) is 91.5 Å². The molecule has 6 nitrogen and oxygen atoms in total. The van der Waals surface area contributed by atoms with Crippen molar-refractivity contribution in [1.82, 2.24) is 0 Å². The molecule has 0 saturated carbocycles. The molecule has 0 aliphatic heterocycles. The SMILES string of the molecule is COC(=O)c1cc(/C=N/N=C/c2cc(C)c(O)c(C)c2)ccc1O. The van der Waals surface area contributed by atoms with E-state index in [2.05, 4.69) is 14.9 Å². The van der Waals surface area contributed by atoms with Crippen LogP contribution in [0.3, 0.4) is 0 Å². The van der Waals surface area contributed by atoms with Crippen molar-refractivity contribution in [3.8, 4) is 11.5 Å². The number of aromatic hydroxyl groups is 2. The Labute approximate surface area is 139 Å². The molecule has 0 aromatic heterocycles. The van der Waals surface area contributed by atoms with Gasteiger partial charge in [0.1, 0.15) is 17.1 Å². The maximum absolute atomic E-state index is 11.5. The first-order valence-electron chi connectivity index (χ1n) is 7.20. The Balaban J connectivity index is 2.16. The van der Waals surface area contributed by atoms with E-state index in [1.165, 1.54) is 25.5 Å². The molecule has 2 aromatic carbocycles. The van der Waals surface area contributed by atoms with Gasteiger partial charge in [0.15, 0.2) is 0 Å². The van der Waals surface area contributed by atoms with Crippen LogP contribution in [0.25, 0.3) is 0 Å². The van der Waals surface area contributed by atoms with E-state index in [0.717, 1.165) is 16.7 Å². The van der Waals surface area contributed by atoms with Crippen LogP contribution in [0.15, 0.2) is 40.5 Å². The summed E-state index contributed by atoms with van der Waals surface area (Å²) in [6, 6.07) is 8.07. The van der Waals surface area contributed by atoms with Crippen LogP contribution in [0.5, 0.6) is 11.5 Å². The van der Waals surface area contributed by atoms with Gasteiger partial charge >= 0.3 is 5.97 Å². The average molecular weight is 326 g/mol. The van der Waals surface area contributed by atoms with Crippen molar-refractivity contribution < 1.29 is 19.7 Å². The molecule has 2 rings (SSSR count). The molecule has 0 bridgehead atoms. The lowest BCUT2D eigenvalue weighted by Crippen LogP contribution is -2.02. The number of aryl methyl sites for hydroxylation is 2. The Hall–Kier alpha value is -3.15. The first-order valence-corrected chi connectivity index (χ1v) is 7.20. The number of hydrogen-bond donors (Lipinski definition) is 2. The van der Waals surface area contributed by atoms with Gasteiger partial charge in [-0.15, -0.1) is 0 Å². The highest BCUT2D eigenvalue weighted by Gasteiger charge is 2.11. The molecule has 0 spiro atoms. The molecular weight excluding hydrogens is 308 g/mol. The third kappa shape index (κ3) is 3.98. The van der Waals surface area contributed by atoms with Gasteiger partial charge in [0.2, 0.25) is 0 Å². The Kier molecular flexibility index (Phi) is 5.31. The number of benzene rings is 2. The number of esters is 1. The Morgan fingerprint density at radius 1 is 1.00 bits per heavy atom.